The third-order valence-electron chi connectivity index (χ3n) is 5.23. The molecular weight excluding hydrogens is 425 g/mol. The molecule has 4 rings (SSSR count). The van der Waals surface area contributed by atoms with Crippen LogP contribution in [0.1, 0.15) is 21.5 Å². The number of anilines is 2. The van der Waals surface area contributed by atoms with Crippen LogP contribution in [-0.4, -0.2) is 30.2 Å². The molecule has 3 aromatic rings. The number of thioether (sulfide) groups is 1. The minimum absolute atomic E-state index is 0.167. The summed E-state index contributed by atoms with van der Waals surface area (Å²) in [6.45, 7) is 0.534. The Morgan fingerprint density at radius 1 is 1.00 bits per heavy atom. The van der Waals surface area contributed by atoms with Crippen LogP contribution in [-0.2, 0) is 17.0 Å². The molecule has 7 heteroatoms. The van der Waals surface area contributed by atoms with Crippen LogP contribution in [0.4, 0.5) is 15.8 Å². The molecule has 164 valence electrons. The highest BCUT2D eigenvalue weighted by Gasteiger charge is 2.26. The highest BCUT2D eigenvalue weighted by Crippen LogP contribution is 2.29. The summed E-state index contributed by atoms with van der Waals surface area (Å²) < 4.78 is 13.8. The average molecular weight is 450 g/mol. The van der Waals surface area contributed by atoms with Crippen LogP contribution >= 0.6 is 11.8 Å². The van der Waals surface area contributed by atoms with Gasteiger partial charge in [0.05, 0.1) is 11.4 Å². The lowest BCUT2D eigenvalue weighted by Gasteiger charge is -2.27. The van der Waals surface area contributed by atoms with Gasteiger partial charge < -0.3 is 16.0 Å². The minimum Gasteiger partial charge on any atom is -0.371 e. The fourth-order valence-corrected chi connectivity index (χ4v) is 4.52. The molecule has 1 aliphatic rings. The molecule has 32 heavy (non-hydrogen) atoms. The predicted molar refractivity (Wildman–Crippen MR) is 128 cm³/mol. The summed E-state index contributed by atoms with van der Waals surface area (Å²) in [5.74, 6) is 0.413. The number of halogens is 1. The number of carbonyl (C=O) groups is 2. The molecule has 1 aliphatic heterocycles. The number of nitrogens with one attached hydrogen (secondary N) is 3. The van der Waals surface area contributed by atoms with Gasteiger partial charge in [-0.05, 0) is 41.8 Å². The Hall–Kier alpha value is -3.32. The van der Waals surface area contributed by atoms with E-state index in [0.29, 0.717) is 34.9 Å². The lowest BCUT2D eigenvalue weighted by atomic mass is 10.1. The van der Waals surface area contributed by atoms with Crippen LogP contribution in [0.5, 0.6) is 0 Å². The van der Waals surface area contributed by atoms with Gasteiger partial charge in [-0.3, -0.25) is 9.59 Å². The zero-order valence-corrected chi connectivity index (χ0v) is 18.3. The number of fused-ring (bicyclic) bond motifs is 1. The lowest BCUT2D eigenvalue weighted by Crippen LogP contribution is -2.40. The van der Waals surface area contributed by atoms with E-state index in [4.69, 9.17) is 0 Å². The van der Waals surface area contributed by atoms with E-state index in [-0.39, 0.29) is 17.6 Å². The first-order chi connectivity index (χ1) is 15.6. The van der Waals surface area contributed by atoms with Crippen LogP contribution < -0.4 is 16.0 Å². The van der Waals surface area contributed by atoms with Crippen LogP contribution in [0.15, 0.2) is 72.8 Å². The second-order valence-electron chi connectivity index (χ2n) is 7.54. The molecule has 0 saturated carbocycles. The molecule has 1 heterocycles. The third-order valence-corrected chi connectivity index (χ3v) is 6.31. The molecule has 5 nitrogen and oxygen atoms in total. The van der Waals surface area contributed by atoms with E-state index in [2.05, 4.69) is 16.0 Å². The van der Waals surface area contributed by atoms with Crippen LogP contribution in [0.2, 0.25) is 0 Å². The normalized spacial score (nSPS) is 14.8. The Labute approximate surface area is 190 Å². The fourth-order valence-electron chi connectivity index (χ4n) is 3.47. The van der Waals surface area contributed by atoms with Crippen molar-refractivity contribution in [3.63, 3.8) is 0 Å². The fraction of sp³-hybridized carbons (Fsp3) is 0.200. The van der Waals surface area contributed by atoms with Crippen molar-refractivity contribution in [2.45, 2.75) is 18.2 Å². The van der Waals surface area contributed by atoms with Crippen molar-refractivity contribution in [1.29, 1.82) is 0 Å². The number of carbonyl (C=O) groups excluding carboxylic acids is 2. The second kappa shape index (κ2) is 10.3. The number of amides is 2. The summed E-state index contributed by atoms with van der Waals surface area (Å²) >= 11 is 1.49. The monoisotopic (exact) mass is 449 g/mol. The van der Waals surface area contributed by atoms with Gasteiger partial charge in [0.2, 0.25) is 5.91 Å². The average Bonchev–Trinajstić information content (AvgIpc) is 2.81. The van der Waals surface area contributed by atoms with Gasteiger partial charge in [-0.2, -0.15) is 11.8 Å². The molecule has 2 amide bonds. The van der Waals surface area contributed by atoms with Crippen molar-refractivity contribution in [2.24, 2.45) is 0 Å². The van der Waals surface area contributed by atoms with Crippen molar-refractivity contribution >= 4 is 35.0 Å². The van der Waals surface area contributed by atoms with E-state index in [1.807, 2.05) is 30.3 Å². The second-order valence-corrected chi connectivity index (χ2v) is 8.57. The van der Waals surface area contributed by atoms with Gasteiger partial charge in [0.1, 0.15) is 11.9 Å². The summed E-state index contributed by atoms with van der Waals surface area (Å²) in [5, 5.41) is 9.01. The number of benzene rings is 3. The maximum atomic E-state index is 13.8. The van der Waals surface area contributed by atoms with E-state index < -0.39 is 6.04 Å². The molecule has 0 bridgehead atoms. The van der Waals surface area contributed by atoms with Crippen molar-refractivity contribution in [3.8, 4) is 0 Å². The van der Waals surface area contributed by atoms with Crippen LogP contribution in [0.25, 0.3) is 0 Å². The van der Waals surface area contributed by atoms with Crippen molar-refractivity contribution in [3.05, 3.63) is 95.3 Å². The molecule has 0 fully saturated rings. The maximum absolute atomic E-state index is 13.8. The minimum atomic E-state index is -0.426. The number of hydrogen-bond acceptors (Lipinski definition) is 4. The Morgan fingerprint density at radius 2 is 1.78 bits per heavy atom. The van der Waals surface area contributed by atoms with Crippen molar-refractivity contribution < 1.29 is 14.0 Å². The quantitative estimate of drug-likeness (QED) is 0.475. The lowest BCUT2D eigenvalue weighted by molar-refractivity contribution is -0.116. The molecule has 0 radical (unpaired) electrons. The van der Waals surface area contributed by atoms with Gasteiger partial charge in [0, 0.05) is 23.6 Å². The first kappa shape index (κ1) is 21.9. The first-order valence-corrected chi connectivity index (χ1v) is 11.6. The molecule has 3 N–H and O–H groups in total. The Balaban J connectivity index is 1.30. The molecule has 0 spiro atoms. The molecule has 3 aromatic carbocycles. The summed E-state index contributed by atoms with van der Waals surface area (Å²) in [4.78, 5) is 25.0. The molecule has 0 aliphatic carbocycles. The van der Waals surface area contributed by atoms with Crippen LogP contribution in [0, 0.1) is 5.82 Å². The smallest absolute Gasteiger partial charge is 0.251 e. The summed E-state index contributed by atoms with van der Waals surface area (Å²) in [5.41, 5.74) is 3.62. The Bertz CT molecular complexity index is 1110. The molecule has 0 unspecified atom stereocenters. The topological polar surface area (TPSA) is 70.2 Å². The zero-order chi connectivity index (χ0) is 22.3. The third kappa shape index (κ3) is 5.48. The van der Waals surface area contributed by atoms with Gasteiger partial charge in [0.25, 0.3) is 5.91 Å². The molecule has 0 saturated heterocycles. The van der Waals surface area contributed by atoms with Gasteiger partial charge in [-0.25, -0.2) is 4.39 Å². The number of hydrogen-bond donors (Lipinski definition) is 3. The first-order valence-electron chi connectivity index (χ1n) is 10.4. The van der Waals surface area contributed by atoms with Crippen molar-refractivity contribution in [2.75, 3.05) is 22.9 Å². The SMILES string of the molecule is O=C(NCCc1ccccc1)c1ccc2c(c1)NC(=O)[C@@H](CSCc1ccccc1F)N2. The highest BCUT2D eigenvalue weighted by atomic mass is 32.2. The molecule has 1 atom stereocenters. The highest BCUT2D eigenvalue weighted by molar-refractivity contribution is 7.98. The zero-order valence-electron chi connectivity index (χ0n) is 17.4. The summed E-state index contributed by atoms with van der Waals surface area (Å²) in [7, 11) is 0. The Kier molecular flexibility index (Phi) is 7.07. The standard InChI is InChI=1S/C25H24FN3O2S/c26-20-9-5-4-8-19(20)15-32-16-23-25(31)29-22-14-18(10-11-21(22)28-23)24(30)27-13-12-17-6-2-1-3-7-17/h1-11,14,23,28H,12-13,15-16H2,(H,27,30)(H,29,31)/t23-/m1/s1. The van der Waals surface area contributed by atoms with E-state index in [1.165, 1.54) is 17.8 Å². The van der Waals surface area contributed by atoms with Gasteiger partial charge >= 0.3 is 0 Å². The number of rotatable bonds is 8. The van der Waals surface area contributed by atoms with E-state index in [1.54, 1.807) is 36.4 Å². The Morgan fingerprint density at radius 3 is 2.59 bits per heavy atom. The maximum Gasteiger partial charge on any atom is 0.251 e. The van der Waals surface area contributed by atoms with Gasteiger partial charge in [-0.1, -0.05) is 48.5 Å². The molecular formula is C25H24FN3O2S. The van der Waals surface area contributed by atoms with Gasteiger partial charge in [-0.15, -0.1) is 0 Å². The van der Waals surface area contributed by atoms with E-state index in [0.717, 1.165) is 17.7 Å². The van der Waals surface area contributed by atoms with E-state index in [9.17, 15) is 14.0 Å². The van der Waals surface area contributed by atoms with Gasteiger partial charge in [0.15, 0.2) is 0 Å². The predicted octanol–water partition coefficient (Wildman–Crippen LogP) is 4.46. The molecule has 0 aromatic heterocycles. The van der Waals surface area contributed by atoms with E-state index >= 15 is 0 Å². The van der Waals surface area contributed by atoms with Crippen molar-refractivity contribution in [1.82, 2.24) is 5.32 Å². The van der Waals surface area contributed by atoms with Crippen LogP contribution in [0.3, 0.4) is 0 Å². The summed E-state index contributed by atoms with van der Waals surface area (Å²) in [6.07, 6.45) is 0.752. The largest absolute Gasteiger partial charge is 0.371 e. The summed E-state index contributed by atoms with van der Waals surface area (Å²) in [6, 6.07) is 21.4.